The fraction of sp³-hybridized carbons (Fsp3) is 0.500. The highest BCUT2D eigenvalue weighted by molar-refractivity contribution is 5.44. The molecule has 7 heteroatoms. The van der Waals surface area contributed by atoms with Crippen LogP contribution in [-0.2, 0) is 6.18 Å². The molecule has 1 heterocycles. The third-order valence-electron chi connectivity index (χ3n) is 1.56. The number of anilines is 2. The first-order chi connectivity index (χ1) is 6.93. The molecule has 3 N–H and O–H groups in total. The molecule has 0 aliphatic heterocycles. The van der Waals surface area contributed by atoms with Gasteiger partial charge in [0.1, 0.15) is 11.6 Å². The molecule has 0 atom stereocenters. The fourth-order valence-electron chi connectivity index (χ4n) is 0.936. The van der Waals surface area contributed by atoms with E-state index in [0.29, 0.717) is 6.54 Å². The molecule has 0 aliphatic rings. The summed E-state index contributed by atoms with van der Waals surface area (Å²) in [4.78, 5) is 6.43. The molecule has 0 spiro atoms. The number of rotatable bonds is 3. The van der Waals surface area contributed by atoms with Gasteiger partial charge in [-0.05, 0) is 6.42 Å². The Morgan fingerprint density at radius 2 is 2.07 bits per heavy atom. The van der Waals surface area contributed by atoms with E-state index in [1.807, 2.05) is 6.92 Å². The average Bonchev–Trinajstić information content (AvgIpc) is 2.12. The van der Waals surface area contributed by atoms with Crippen molar-refractivity contribution in [3.63, 3.8) is 0 Å². The van der Waals surface area contributed by atoms with Gasteiger partial charge in [-0.3, -0.25) is 0 Å². The van der Waals surface area contributed by atoms with Gasteiger partial charge < -0.3 is 11.1 Å². The van der Waals surface area contributed by atoms with E-state index in [4.69, 9.17) is 5.73 Å². The van der Waals surface area contributed by atoms with E-state index in [1.54, 1.807) is 0 Å². The molecule has 0 radical (unpaired) electrons. The summed E-state index contributed by atoms with van der Waals surface area (Å²) in [5, 5.41) is 2.72. The number of nitrogens with zero attached hydrogens (tertiary/aromatic N) is 2. The summed E-state index contributed by atoms with van der Waals surface area (Å²) in [6, 6.07) is 1.27. The molecular weight excluding hydrogens is 209 g/mol. The standard InChI is InChI=1S/C8H11F3N4/c1-2-3-13-6-4-5(12)14-7(15-6)8(9,10)11/h4H,2-3H2,1H3,(H3,12,13,14,15). The van der Waals surface area contributed by atoms with Crippen LogP contribution < -0.4 is 11.1 Å². The minimum Gasteiger partial charge on any atom is -0.384 e. The molecule has 0 bridgehead atoms. The Kier molecular flexibility index (Phi) is 3.33. The third-order valence-corrected chi connectivity index (χ3v) is 1.56. The van der Waals surface area contributed by atoms with Gasteiger partial charge in [0.2, 0.25) is 5.82 Å². The summed E-state index contributed by atoms with van der Waals surface area (Å²) < 4.78 is 36.8. The molecule has 84 valence electrons. The Bertz CT molecular complexity index is 337. The summed E-state index contributed by atoms with van der Waals surface area (Å²) in [5.41, 5.74) is 5.24. The average molecular weight is 220 g/mol. The monoisotopic (exact) mass is 220 g/mol. The maximum Gasteiger partial charge on any atom is 0.451 e. The van der Waals surface area contributed by atoms with E-state index in [1.165, 1.54) is 6.07 Å². The van der Waals surface area contributed by atoms with Crippen molar-refractivity contribution >= 4 is 11.6 Å². The van der Waals surface area contributed by atoms with E-state index < -0.39 is 12.0 Å². The summed E-state index contributed by atoms with van der Waals surface area (Å²) >= 11 is 0. The molecule has 0 unspecified atom stereocenters. The number of alkyl halides is 3. The Morgan fingerprint density at radius 1 is 1.40 bits per heavy atom. The van der Waals surface area contributed by atoms with Crippen LogP contribution in [0, 0.1) is 0 Å². The summed E-state index contributed by atoms with van der Waals surface area (Å²) in [6.07, 6.45) is -3.79. The first kappa shape index (κ1) is 11.5. The van der Waals surface area contributed by atoms with E-state index in [-0.39, 0.29) is 11.6 Å². The molecule has 0 fully saturated rings. The largest absolute Gasteiger partial charge is 0.451 e. The van der Waals surface area contributed by atoms with Gasteiger partial charge >= 0.3 is 6.18 Å². The van der Waals surface area contributed by atoms with Crippen LogP contribution in [0.25, 0.3) is 0 Å². The van der Waals surface area contributed by atoms with Crippen LogP contribution in [-0.4, -0.2) is 16.5 Å². The predicted molar refractivity (Wildman–Crippen MR) is 50.2 cm³/mol. The smallest absolute Gasteiger partial charge is 0.384 e. The molecule has 0 aliphatic carbocycles. The number of nitrogens with one attached hydrogen (secondary N) is 1. The van der Waals surface area contributed by atoms with Crippen LogP contribution in [0.1, 0.15) is 19.2 Å². The second-order valence-electron chi connectivity index (χ2n) is 2.93. The van der Waals surface area contributed by atoms with Crippen LogP contribution >= 0.6 is 0 Å². The normalized spacial score (nSPS) is 11.5. The van der Waals surface area contributed by atoms with Gasteiger partial charge in [0.05, 0.1) is 0 Å². The lowest BCUT2D eigenvalue weighted by Gasteiger charge is -2.09. The van der Waals surface area contributed by atoms with Crippen molar-refractivity contribution in [1.82, 2.24) is 9.97 Å². The topological polar surface area (TPSA) is 63.8 Å². The van der Waals surface area contributed by atoms with Crippen LogP contribution in [0.4, 0.5) is 24.8 Å². The lowest BCUT2D eigenvalue weighted by molar-refractivity contribution is -0.144. The van der Waals surface area contributed by atoms with Gasteiger partial charge in [-0.15, -0.1) is 0 Å². The molecule has 0 saturated heterocycles. The van der Waals surface area contributed by atoms with Crippen molar-refractivity contribution < 1.29 is 13.2 Å². The zero-order valence-electron chi connectivity index (χ0n) is 8.10. The zero-order valence-corrected chi connectivity index (χ0v) is 8.10. The van der Waals surface area contributed by atoms with Crippen molar-refractivity contribution in [2.75, 3.05) is 17.6 Å². The number of hydrogen-bond donors (Lipinski definition) is 2. The number of aromatic nitrogens is 2. The Hall–Kier alpha value is -1.53. The van der Waals surface area contributed by atoms with Crippen molar-refractivity contribution in [1.29, 1.82) is 0 Å². The Morgan fingerprint density at radius 3 is 2.60 bits per heavy atom. The minimum atomic E-state index is -4.57. The molecular formula is C8H11F3N4. The second kappa shape index (κ2) is 4.33. The van der Waals surface area contributed by atoms with E-state index in [0.717, 1.165) is 6.42 Å². The first-order valence-electron chi connectivity index (χ1n) is 4.39. The predicted octanol–water partition coefficient (Wildman–Crippen LogP) is 1.90. The van der Waals surface area contributed by atoms with Gasteiger partial charge in [0.15, 0.2) is 0 Å². The van der Waals surface area contributed by atoms with E-state index in [9.17, 15) is 13.2 Å². The van der Waals surface area contributed by atoms with Crippen LogP contribution in [0.3, 0.4) is 0 Å². The number of hydrogen-bond acceptors (Lipinski definition) is 4. The van der Waals surface area contributed by atoms with Crippen LogP contribution in [0.2, 0.25) is 0 Å². The summed E-state index contributed by atoms with van der Waals surface area (Å²) in [5.74, 6) is -1.33. The van der Waals surface area contributed by atoms with Gasteiger partial charge in [-0.25, -0.2) is 9.97 Å². The Balaban J connectivity index is 2.95. The maximum absolute atomic E-state index is 12.3. The van der Waals surface area contributed by atoms with Crippen LogP contribution in [0.5, 0.6) is 0 Å². The highest BCUT2D eigenvalue weighted by Gasteiger charge is 2.35. The lowest BCUT2D eigenvalue weighted by atomic mass is 10.4. The fourth-order valence-corrected chi connectivity index (χ4v) is 0.936. The summed E-state index contributed by atoms with van der Waals surface area (Å²) in [7, 11) is 0. The SMILES string of the molecule is CCCNc1cc(N)nc(C(F)(F)F)n1. The second-order valence-corrected chi connectivity index (χ2v) is 2.93. The lowest BCUT2D eigenvalue weighted by Crippen LogP contribution is -2.14. The highest BCUT2D eigenvalue weighted by Crippen LogP contribution is 2.27. The quantitative estimate of drug-likeness (QED) is 0.816. The highest BCUT2D eigenvalue weighted by atomic mass is 19.4. The van der Waals surface area contributed by atoms with E-state index >= 15 is 0 Å². The molecule has 15 heavy (non-hydrogen) atoms. The molecule has 1 aromatic rings. The van der Waals surface area contributed by atoms with Gasteiger partial charge in [-0.2, -0.15) is 13.2 Å². The number of halogens is 3. The number of nitrogens with two attached hydrogens (primary N) is 1. The van der Waals surface area contributed by atoms with Crippen molar-refractivity contribution in [3.8, 4) is 0 Å². The number of nitrogen functional groups attached to an aromatic ring is 1. The molecule has 0 saturated carbocycles. The molecule has 1 rings (SSSR count). The minimum absolute atomic E-state index is 0.0941. The van der Waals surface area contributed by atoms with Crippen LogP contribution in [0.15, 0.2) is 6.07 Å². The Labute approximate surface area is 84.7 Å². The van der Waals surface area contributed by atoms with Gasteiger partial charge in [0.25, 0.3) is 0 Å². The van der Waals surface area contributed by atoms with E-state index in [2.05, 4.69) is 15.3 Å². The molecule has 0 aromatic carbocycles. The van der Waals surface area contributed by atoms with Crippen molar-refractivity contribution in [3.05, 3.63) is 11.9 Å². The van der Waals surface area contributed by atoms with Gasteiger partial charge in [0, 0.05) is 12.6 Å². The third kappa shape index (κ3) is 3.26. The van der Waals surface area contributed by atoms with Crippen molar-refractivity contribution in [2.24, 2.45) is 0 Å². The zero-order chi connectivity index (χ0) is 11.5. The maximum atomic E-state index is 12.3. The molecule has 4 nitrogen and oxygen atoms in total. The molecule has 1 aromatic heterocycles. The van der Waals surface area contributed by atoms with Crippen molar-refractivity contribution in [2.45, 2.75) is 19.5 Å². The van der Waals surface area contributed by atoms with Gasteiger partial charge in [-0.1, -0.05) is 6.92 Å². The molecule has 0 amide bonds. The summed E-state index contributed by atoms with van der Waals surface area (Å²) in [6.45, 7) is 2.43. The first-order valence-corrected chi connectivity index (χ1v) is 4.39.